The minimum Gasteiger partial charge on any atom is -0.373 e. The second kappa shape index (κ2) is 10.3. The fourth-order valence-corrected chi connectivity index (χ4v) is 2.62. The van der Waals surface area contributed by atoms with Gasteiger partial charge in [0.05, 0.1) is 13.2 Å². The second-order valence-electron chi connectivity index (χ2n) is 5.43. The number of benzene rings is 1. The number of halogens is 3. The van der Waals surface area contributed by atoms with Gasteiger partial charge in [-0.15, -0.1) is 0 Å². The number of hydrogen-bond acceptors (Lipinski definition) is 1. The van der Waals surface area contributed by atoms with Gasteiger partial charge in [-0.1, -0.05) is 88.4 Å². The third kappa shape index (κ3) is 10.3. The molecule has 0 bridgehead atoms. The molecule has 4 heteroatoms. The Morgan fingerprint density at radius 2 is 1.73 bits per heavy atom. The summed E-state index contributed by atoms with van der Waals surface area (Å²) < 4.78 is 4.44. The molecule has 0 heterocycles. The topological polar surface area (TPSA) is 9.23 Å². The van der Waals surface area contributed by atoms with Crippen molar-refractivity contribution in [2.45, 2.75) is 43.5 Å². The summed E-state index contributed by atoms with van der Waals surface area (Å²) in [7, 11) is 0. The smallest absolute Gasteiger partial charge is 0.194 e. The molecule has 0 saturated carbocycles. The zero-order valence-corrected chi connectivity index (χ0v) is 15.4. The van der Waals surface area contributed by atoms with E-state index >= 15 is 0 Å². The van der Waals surface area contributed by atoms with Crippen molar-refractivity contribution >= 4 is 34.8 Å². The second-order valence-corrected chi connectivity index (χ2v) is 7.95. The van der Waals surface area contributed by atoms with Gasteiger partial charge in [-0.3, -0.25) is 0 Å². The highest BCUT2D eigenvalue weighted by Crippen LogP contribution is 2.33. The zero-order valence-electron chi connectivity index (χ0n) is 13.1. The Bertz CT molecular complexity index is 487. The standard InChI is InChI=1S/C18H23Cl3O/c1-15(7-6-8-16(2)13-18(19,20)21)11-12-22-14-17-9-4-3-5-10-17/h3-5,8-11H,6-7,12-14H2,1-2H3. The molecule has 1 aromatic carbocycles. The molecule has 0 spiro atoms. The molecule has 1 aromatic rings. The van der Waals surface area contributed by atoms with Crippen LogP contribution in [0.3, 0.4) is 0 Å². The molecule has 1 nitrogen and oxygen atoms in total. The molecule has 122 valence electrons. The molecular formula is C18H23Cl3O. The minimum atomic E-state index is -1.20. The molecule has 0 aliphatic rings. The fraction of sp³-hybridized carbons (Fsp3) is 0.444. The summed E-state index contributed by atoms with van der Waals surface area (Å²) in [6, 6.07) is 10.2. The largest absolute Gasteiger partial charge is 0.373 e. The van der Waals surface area contributed by atoms with Crippen molar-refractivity contribution in [3.63, 3.8) is 0 Å². The summed E-state index contributed by atoms with van der Waals surface area (Å²) >= 11 is 17.3. The average Bonchev–Trinajstić information content (AvgIpc) is 2.43. The first-order chi connectivity index (χ1) is 10.4. The Labute approximate surface area is 148 Å². The van der Waals surface area contributed by atoms with Crippen molar-refractivity contribution < 1.29 is 4.74 Å². The van der Waals surface area contributed by atoms with Crippen LogP contribution in [0, 0.1) is 0 Å². The first kappa shape index (κ1) is 19.6. The molecule has 1 rings (SSSR count). The van der Waals surface area contributed by atoms with E-state index in [4.69, 9.17) is 39.5 Å². The van der Waals surface area contributed by atoms with E-state index < -0.39 is 3.79 Å². The van der Waals surface area contributed by atoms with Crippen LogP contribution in [-0.2, 0) is 11.3 Å². The Morgan fingerprint density at radius 1 is 1.05 bits per heavy atom. The maximum absolute atomic E-state index is 5.77. The highest BCUT2D eigenvalue weighted by Gasteiger charge is 2.19. The van der Waals surface area contributed by atoms with Gasteiger partial charge in [0, 0.05) is 6.42 Å². The van der Waals surface area contributed by atoms with Gasteiger partial charge < -0.3 is 4.74 Å². The Hall–Kier alpha value is -0.470. The SMILES string of the molecule is CC(=CCOCc1ccccc1)CCC=C(C)CC(Cl)(Cl)Cl. The fourth-order valence-electron chi connectivity index (χ4n) is 1.99. The lowest BCUT2D eigenvalue weighted by atomic mass is 10.1. The molecule has 0 aliphatic heterocycles. The lowest BCUT2D eigenvalue weighted by Gasteiger charge is -2.10. The first-order valence-electron chi connectivity index (χ1n) is 7.36. The summed E-state index contributed by atoms with van der Waals surface area (Å²) in [5, 5.41) is 0. The zero-order chi connectivity index (χ0) is 16.4. The van der Waals surface area contributed by atoms with Gasteiger partial charge >= 0.3 is 0 Å². The molecule has 0 radical (unpaired) electrons. The van der Waals surface area contributed by atoms with Crippen molar-refractivity contribution in [2.24, 2.45) is 0 Å². The maximum Gasteiger partial charge on any atom is 0.194 e. The average molecular weight is 362 g/mol. The summed E-state index contributed by atoms with van der Waals surface area (Å²) in [5.74, 6) is 0. The van der Waals surface area contributed by atoms with Crippen LogP contribution in [0.15, 0.2) is 53.6 Å². The van der Waals surface area contributed by atoms with Gasteiger partial charge in [-0.2, -0.15) is 0 Å². The summed E-state index contributed by atoms with van der Waals surface area (Å²) in [6.45, 7) is 5.39. The van der Waals surface area contributed by atoms with Crippen LogP contribution in [0.5, 0.6) is 0 Å². The van der Waals surface area contributed by atoms with Crippen LogP contribution in [0.1, 0.15) is 38.7 Å². The summed E-state index contributed by atoms with van der Waals surface area (Å²) in [5.41, 5.74) is 3.61. The lowest BCUT2D eigenvalue weighted by Crippen LogP contribution is -2.01. The van der Waals surface area contributed by atoms with Crippen molar-refractivity contribution in [3.8, 4) is 0 Å². The van der Waals surface area contributed by atoms with Crippen LogP contribution in [0.2, 0.25) is 0 Å². The third-order valence-electron chi connectivity index (χ3n) is 3.17. The summed E-state index contributed by atoms with van der Waals surface area (Å²) in [4.78, 5) is 0. The van der Waals surface area contributed by atoms with Gasteiger partial charge in [0.1, 0.15) is 0 Å². The molecule has 0 saturated heterocycles. The predicted molar refractivity (Wildman–Crippen MR) is 97.8 cm³/mol. The van der Waals surface area contributed by atoms with Crippen LogP contribution >= 0.6 is 34.8 Å². The van der Waals surface area contributed by atoms with E-state index in [2.05, 4.69) is 31.2 Å². The Balaban J connectivity index is 2.22. The number of rotatable bonds is 8. The van der Waals surface area contributed by atoms with E-state index in [1.165, 1.54) is 11.1 Å². The lowest BCUT2D eigenvalue weighted by molar-refractivity contribution is 0.148. The normalized spacial score (nSPS) is 13.5. The molecule has 0 aromatic heterocycles. The van der Waals surface area contributed by atoms with E-state index in [0.29, 0.717) is 19.6 Å². The monoisotopic (exact) mass is 360 g/mol. The minimum absolute atomic E-state index is 0.473. The van der Waals surface area contributed by atoms with Crippen molar-refractivity contribution in [1.29, 1.82) is 0 Å². The molecule has 22 heavy (non-hydrogen) atoms. The van der Waals surface area contributed by atoms with Crippen LogP contribution in [0.25, 0.3) is 0 Å². The first-order valence-corrected chi connectivity index (χ1v) is 8.50. The molecule has 0 unspecified atom stereocenters. The van der Waals surface area contributed by atoms with Crippen LogP contribution < -0.4 is 0 Å². The van der Waals surface area contributed by atoms with Gasteiger partial charge in [0.25, 0.3) is 0 Å². The van der Waals surface area contributed by atoms with Crippen molar-refractivity contribution in [1.82, 2.24) is 0 Å². The quantitative estimate of drug-likeness (QED) is 0.286. The van der Waals surface area contributed by atoms with Crippen LogP contribution in [0.4, 0.5) is 0 Å². The van der Waals surface area contributed by atoms with Crippen molar-refractivity contribution in [2.75, 3.05) is 6.61 Å². The predicted octanol–water partition coefficient (Wildman–Crippen LogP) is 6.64. The Morgan fingerprint density at radius 3 is 2.36 bits per heavy atom. The van der Waals surface area contributed by atoms with Crippen molar-refractivity contribution in [3.05, 3.63) is 59.2 Å². The molecule has 0 amide bonds. The molecule has 0 fully saturated rings. The van der Waals surface area contributed by atoms with Gasteiger partial charge in [-0.25, -0.2) is 0 Å². The number of allylic oxidation sites excluding steroid dienone is 3. The maximum atomic E-state index is 5.77. The van der Waals surface area contributed by atoms with Crippen LogP contribution in [-0.4, -0.2) is 10.4 Å². The third-order valence-corrected chi connectivity index (χ3v) is 3.57. The number of hydrogen-bond donors (Lipinski definition) is 0. The van der Waals surface area contributed by atoms with Gasteiger partial charge in [-0.05, 0) is 32.3 Å². The van der Waals surface area contributed by atoms with E-state index in [1.54, 1.807) is 0 Å². The summed E-state index contributed by atoms with van der Waals surface area (Å²) in [6.07, 6.45) is 6.67. The van der Waals surface area contributed by atoms with E-state index in [1.807, 2.05) is 25.1 Å². The molecular weight excluding hydrogens is 339 g/mol. The number of alkyl halides is 3. The van der Waals surface area contributed by atoms with E-state index in [0.717, 1.165) is 18.4 Å². The number of ether oxygens (including phenoxy) is 1. The molecule has 0 aliphatic carbocycles. The van der Waals surface area contributed by atoms with E-state index in [-0.39, 0.29) is 0 Å². The molecule has 0 atom stereocenters. The van der Waals surface area contributed by atoms with Gasteiger partial charge in [0.2, 0.25) is 0 Å². The molecule has 0 N–H and O–H groups in total. The van der Waals surface area contributed by atoms with E-state index in [9.17, 15) is 0 Å². The Kier molecular flexibility index (Phi) is 9.19. The highest BCUT2D eigenvalue weighted by atomic mass is 35.6. The van der Waals surface area contributed by atoms with Gasteiger partial charge in [0.15, 0.2) is 3.79 Å². The highest BCUT2D eigenvalue weighted by molar-refractivity contribution is 6.67.